The van der Waals surface area contributed by atoms with Crippen LogP contribution >= 0.6 is 11.8 Å². The topological polar surface area (TPSA) is 101 Å². The van der Waals surface area contributed by atoms with Crippen LogP contribution in [0.2, 0.25) is 0 Å². The Labute approximate surface area is 136 Å². The number of carbonyl (C=O) groups is 2. The van der Waals surface area contributed by atoms with Crippen molar-refractivity contribution in [3.05, 3.63) is 29.8 Å². The smallest absolute Gasteiger partial charge is 0.335 e. The number of rotatable bonds is 5. The molecule has 23 heavy (non-hydrogen) atoms. The average Bonchev–Trinajstić information content (AvgIpc) is 3.24. The molecule has 2 aromatic rings. The molecule has 0 bridgehead atoms. The van der Waals surface area contributed by atoms with Gasteiger partial charge in [-0.05, 0) is 47.5 Å². The van der Waals surface area contributed by atoms with Gasteiger partial charge >= 0.3 is 5.97 Å². The maximum atomic E-state index is 12.1. The number of aromatic carboxylic acids is 1. The summed E-state index contributed by atoms with van der Waals surface area (Å²) in [4.78, 5) is 24.8. The quantitative estimate of drug-likeness (QED) is 0.817. The van der Waals surface area contributed by atoms with Crippen molar-refractivity contribution in [1.82, 2.24) is 25.1 Å². The summed E-state index contributed by atoms with van der Waals surface area (Å²) in [5, 5.41) is 20.9. The molecule has 1 saturated heterocycles. The zero-order valence-corrected chi connectivity index (χ0v) is 13.1. The Morgan fingerprint density at radius 3 is 2.52 bits per heavy atom. The lowest BCUT2D eigenvalue weighted by Gasteiger charge is -2.14. The molecule has 0 saturated carbocycles. The molecule has 0 aliphatic carbocycles. The minimum Gasteiger partial charge on any atom is -0.478 e. The molecule has 1 fully saturated rings. The van der Waals surface area contributed by atoms with Crippen LogP contribution in [0.1, 0.15) is 23.2 Å². The molecule has 8 nitrogen and oxygen atoms in total. The summed E-state index contributed by atoms with van der Waals surface area (Å²) in [5.41, 5.74) is 0.844. The Morgan fingerprint density at radius 1 is 1.17 bits per heavy atom. The molecule has 1 aliphatic rings. The van der Waals surface area contributed by atoms with Gasteiger partial charge in [0.15, 0.2) is 0 Å². The van der Waals surface area contributed by atoms with E-state index in [4.69, 9.17) is 5.11 Å². The van der Waals surface area contributed by atoms with E-state index in [1.807, 2.05) is 4.90 Å². The Hall–Kier alpha value is -2.42. The van der Waals surface area contributed by atoms with E-state index in [-0.39, 0.29) is 17.2 Å². The Morgan fingerprint density at radius 2 is 1.87 bits per heavy atom. The summed E-state index contributed by atoms with van der Waals surface area (Å²) < 4.78 is 1.49. The zero-order chi connectivity index (χ0) is 16.2. The predicted octanol–water partition coefficient (Wildman–Crippen LogP) is 1.07. The van der Waals surface area contributed by atoms with Gasteiger partial charge < -0.3 is 10.0 Å². The van der Waals surface area contributed by atoms with Gasteiger partial charge in [-0.1, -0.05) is 11.8 Å². The van der Waals surface area contributed by atoms with E-state index in [0.29, 0.717) is 10.8 Å². The van der Waals surface area contributed by atoms with E-state index in [2.05, 4.69) is 15.5 Å². The summed E-state index contributed by atoms with van der Waals surface area (Å²) in [7, 11) is 0. The van der Waals surface area contributed by atoms with Crippen LogP contribution in [0.3, 0.4) is 0 Å². The van der Waals surface area contributed by atoms with Crippen molar-refractivity contribution < 1.29 is 14.7 Å². The van der Waals surface area contributed by atoms with Gasteiger partial charge in [-0.2, -0.15) is 4.68 Å². The van der Waals surface area contributed by atoms with E-state index >= 15 is 0 Å². The van der Waals surface area contributed by atoms with Crippen LogP contribution in [0.15, 0.2) is 29.4 Å². The van der Waals surface area contributed by atoms with Crippen molar-refractivity contribution in [1.29, 1.82) is 0 Å². The lowest BCUT2D eigenvalue weighted by molar-refractivity contribution is -0.127. The molecule has 1 aromatic carbocycles. The van der Waals surface area contributed by atoms with Crippen LogP contribution in [0, 0.1) is 0 Å². The number of hydrogen-bond donors (Lipinski definition) is 1. The maximum Gasteiger partial charge on any atom is 0.335 e. The minimum absolute atomic E-state index is 0.0864. The fourth-order valence-corrected chi connectivity index (χ4v) is 3.15. The van der Waals surface area contributed by atoms with Crippen molar-refractivity contribution in [3.8, 4) is 5.69 Å². The van der Waals surface area contributed by atoms with Crippen molar-refractivity contribution in [2.75, 3.05) is 18.8 Å². The van der Waals surface area contributed by atoms with Crippen LogP contribution in [-0.2, 0) is 4.79 Å². The summed E-state index contributed by atoms with van der Waals surface area (Å²) >= 11 is 1.27. The highest BCUT2D eigenvalue weighted by atomic mass is 32.2. The van der Waals surface area contributed by atoms with Gasteiger partial charge in [-0.3, -0.25) is 4.79 Å². The molecular formula is C14H15N5O3S. The average molecular weight is 333 g/mol. The molecule has 0 radical (unpaired) electrons. The number of nitrogens with zero attached hydrogens (tertiary/aromatic N) is 5. The van der Waals surface area contributed by atoms with E-state index in [1.165, 1.54) is 28.6 Å². The highest BCUT2D eigenvalue weighted by Crippen LogP contribution is 2.20. The number of carboxylic acid groups (broad SMARTS) is 1. The summed E-state index contributed by atoms with van der Waals surface area (Å²) in [5.74, 6) is -0.615. The van der Waals surface area contributed by atoms with Crippen LogP contribution in [-0.4, -0.2) is 60.9 Å². The summed E-state index contributed by atoms with van der Waals surface area (Å²) in [6.45, 7) is 1.64. The minimum atomic E-state index is -0.987. The monoisotopic (exact) mass is 333 g/mol. The van der Waals surface area contributed by atoms with Gasteiger partial charge in [0.05, 0.1) is 17.0 Å². The van der Waals surface area contributed by atoms with Crippen molar-refractivity contribution in [2.24, 2.45) is 0 Å². The first-order valence-corrected chi connectivity index (χ1v) is 8.16. The second-order valence-corrected chi connectivity index (χ2v) is 6.04. The van der Waals surface area contributed by atoms with Gasteiger partial charge in [-0.15, -0.1) is 5.10 Å². The summed E-state index contributed by atoms with van der Waals surface area (Å²) in [6, 6.07) is 6.24. The molecule has 3 rings (SSSR count). The third-order valence-electron chi connectivity index (χ3n) is 3.58. The number of tetrazole rings is 1. The maximum absolute atomic E-state index is 12.1. The molecule has 1 amide bonds. The standard InChI is InChI=1S/C14H15N5O3S/c20-12(18-7-1-2-8-18)9-23-14-15-16-17-19(14)11-5-3-10(4-6-11)13(21)22/h3-6H,1-2,7-9H2,(H,21,22). The van der Waals surface area contributed by atoms with E-state index in [0.717, 1.165) is 25.9 Å². The van der Waals surface area contributed by atoms with E-state index in [9.17, 15) is 9.59 Å². The molecule has 1 aliphatic heterocycles. The van der Waals surface area contributed by atoms with Gasteiger partial charge in [-0.25, -0.2) is 4.79 Å². The van der Waals surface area contributed by atoms with Gasteiger partial charge in [0.25, 0.3) is 0 Å². The Balaban J connectivity index is 1.69. The number of hydrogen-bond acceptors (Lipinski definition) is 6. The molecule has 0 unspecified atom stereocenters. The molecule has 120 valence electrons. The van der Waals surface area contributed by atoms with Gasteiger partial charge in [0, 0.05) is 13.1 Å². The van der Waals surface area contributed by atoms with Gasteiger partial charge in [0.2, 0.25) is 11.1 Å². The molecule has 0 atom stereocenters. The van der Waals surface area contributed by atoms with E-state index in [1.54, 1.807) is 12.1 Å². The molecule has 0 spiro atoms. The number of benzene rings is 1. The third-order valence-corrected chi connectivity index (χ3v) is 4.49. The van der Waals surface area contributed by atoms with Crippen LogP contribution in [0.25, 0.3) is 5.69 Å². The van der Waals surface area contributed by atoms with Crippen molar-refractivity contribution >= 4 is 23.6 Å². The van der Waals surface area contributed by atoms with Crippen LogP contribution in [0.5, 0.6) is 0 Å². The fraction of sp³-hybridized carbons (Fsp3) is 0.357. The molecule has 1 aromatic heterocycles. The number of amides is 1. The van der Waals surface area contributed by atoms with Gasteiger partial charge in [0.1, 0.15) is 0 Å². The highest BCUT2D eigenvalue weighted by molar-refractivity contribution is 7.99. The largest absolute Gasteiger partial charge is 0.478 e. The normalized spacial score (nSPS) is 14.2. The molecular weight excluding hydrogens is 318 g/mol. The van der Waals surface area contributed by atoms with Crippen molar-refractivity contribution in [2.45, 2.75) is 18.0 Å². The second-order valence-electron chi connectivity index (χ2n) is 5.10. The third kappa shape index (κ3) is 3.50. The van der Waals surface area contributed by atoms with E-state index < -0.39 is 5.97 Å². The number of likely N-dealkylation sites (tertiary alicyclic amines) is 1. The number of aromatic nitrogens is 4. The zero-order valence-electron chi connectivity index (χ0n) is 12.3. The highest BCUT2D eigenvalue weighted by Gasteiger charge is 2.19. The fourth-order valence-electron chi connectivity index (χ4n) is 2.36. The van der Waals surface area contributed by atoms with Crippen LogP contribution < -0.4 is 0 Å². The number of carbonyl (C=O) groups excluding carboxylic acids is 1. The summed E-state index contributed by atoms with van der Waals surface area (Å²) in [6.07, 6.45) is 2.12. The Kier molecular flexibility index (Phi) is 4.56. The molecule has 1 N–H and O–H groups in total. The SMILES string of the molecule is O=C(O)c1ccc(-n2nnnc2SCC(=O)N2CCCC2)cc1. The first-order valence-electron chi connectivity index (χ1n) is 7.18. The first-order chi connectivity index (χ1) is 11.1. The first kappa shape index (κ1) is 15.5. The lowest BCUT2D eigenvalue weighted by Crippen LogP contribution is -2.29. The van der Waals surface area contributed by atoms with Crippen LogP contribution in [0.4, 0.5) is 0 Å². The van der Waals surface area contributed by atoms with Crippen molar-refractivity contribution in [3.63, 3.8) is 0 Å². The lowest BCUT2D eigenvalue weighted by atomic mass is 10.2. The second kappa shape index (κ2) is 6.78. The number of thioether (sulfide) groups is 1. The molecule has 2 heterocycles. The number of carboxylic acids is 1. The Bertz CT molecular complexity index is 709. The molecule has 9 heteroatoms. The predicted molar refractivity (Wildman–Crippen MR) is 82.7 cm³/mol.